The lowest BCUT2D eigenvalue weighted by molar-refractivity contribution is 0.669. The number of nitrogens with zero attached hydrogens (tertiary/aromatic N) is 4. The molecule has 302 valence electrons. The number of aromatic nitrogens is 4. The molecule has 0 saturated carbocycles. The van der Waals surface area contributed by atoms with Crippen molar-refractivity contribution in [3.63, 3.8) is 0 Å². The second-order valence-electron chi connectivity index (χ2n) is 17.3. The monoisotopic (exact) mass is 828 g/mol. The quantitative estimate of drug-likeness (QED) is 0.174. The van der Waals surface area contributed by atoms with Gasteiger partial charge in [0.2, 0.25) is 0 Å². The molecule has 15 aromatic rings. The molecule has 0 radical (unpaired) electrons. The van der Waals surface area contributed by atoms with Crippen LogP contribution in [0.25, 0.3) is 132 Å². The van der Waals surface area contributed by atoms with Crippen molar-refractivity contribution in [3.8, 4) is 22.7 Å². The van der Waals surface area contributed by atoms with Gasteiger partial charge >= 0.3 is 0 Å². The number of fused-ring (bicyclic) bond motifs is 17. The van der Waals surface area contributed by atoms with Gasteiger partial charge in [0.25, 0.3) is 0 Å². The van der Waals surface area contributed by atoms with Crippen molar-refractivity contribution in [1.29, 1.82) is 0 Å². The zero-order chi connectivity index (χ0) is 42.3. The van der Waals surface area contributed by atoms with Gasteiger partial charge in [0.1, 0.15) is 11.2 Å². The molecule has 0 N–H and O–H groups in total. The number of para-hydroxylation sites is 6. The van der Waals surface area contributed by atoms with Gasteiger partial charge in [-0.2, -0.15) is 0 Å². The Kier molecular flexibility index (Phi) is 6.89. The van der Waals surface area contributed by atoms with Crippen molar-refractivity contribution in [3.05, 3.63) is 218 Å². The second kappa shape index (κ2) is 12.9. The van der Waals surface area contributed by atoms with E-state index in [4.69, 9.17) is 4.42 Å². The Labute approximate surface area is 371 Å². The Morgan fingerprint density at radius 3 is 1.09 bits per heavy atom. The molecule has 0 saturated heterocycles. The van der Waals surface area contributed by atoms with Gasteiger partial charge in [-0.3, -0.25) is 0 Å². The smallest absolute Gasteiger partial charge is 0.135 e. The highest BCUT2D eigenvalue weighted by Gasteiger charge is 2.24. The van der Waals surface area contributed by atoms with Crippen LogP contribution in [-0.4, -0.2) is 18.3 Å². The highest BCUT2D eigenvalue weighted by molar-refractivity contribution is 6.28. The van der Waals surface area contributed by atoms with Gasteiger partial charge in [-0.25, -0.2) is 0 Å². The minimum atomic E-state index is 0.865. The van der Waals surface area contributed by atoms with Crippen LogP contribution in [0.1, 0.15) is 0 Å². The Morgan fingerprint density at radius 2 is 0.600 bits per heavy atom. The Morgan fingerprint density at radius 1 is 0.231 bits per heavy atom. The molecule has 0 bridgehead atoms. The van der Waals surface area contributed by atoms with Crippen LogP contribution in [-0.2, 0) is 0 Å². The van der Waals surface area contributed by atoms with Crippen molar-refractivity contribution in [2.45, 2.75) is 0 Å². The predicted octanol–water partition coefficient (Wildman–Crippen LogP) is 16.0. The first-order valence-electron chi connectivity index (χ1n) is 22.3. The highest BCUT2D eigenvalue weighted by atomic mass is 16.3. The predicted molar refractivity (Wildman–Crippen MR) is 271 cm³/mol. The molecule has 65 heavy (non-hydrogen) atoms. The highest BCUT2D eigenvalue weighted by Crippen LogP contribution is 2.45. The lowest BCUT2D eigenvalue weighted by Gasteiger charge is -2.11. The third-order valence-corrected chi connectivity index (χ3v) is 13.9. The van der Waals surface area contributed by atoms with Crippen LogP contribution in [0.5, 0.6) is 0 Å². The molecule has 10 aromatic carbocycles. The van der Waals surface area contributed by atoms with Gasteiger partial charge in [-0.15, -0.1) is 0 Å². The lowest BCUT2D eigenvalue weighted by Crippen LogP contribution is -1.95. The maximum atomic E-state index is 6.66. The van der Waals surface area contributed by atoms with Crippen molar-refractivity contribution in [2.75, 3.05) is 0 Å². The van der Waals surface area contributed by atoms with Crippen LogP contribution in [0.2, 0.25) is 0 Å². The fraction of sp³-hybridized carbons (Fsp3) is 0. The molecular weight excluding hydrogens is 793 g/mol. The minimum Gasteiger partial charge on any atom is -0.456 e. The third-order valence-electron chi connectivity index (χ3n) is 13.9. The number of rotatable bonds is 4. The Hall–Kier alpha value is -8.80. The molecule has 0 atom stereocenters. The molecule has 5 heteroatoms. The molecule has 0 aliphatic heterocycles. The zero-order valence-electron chi connectivity index (χ0n) is 35.0. The fourth-order valence-corrected chi connectivity index (χ4v) is 11.3. The molecule has 0 amide bonds. The van der Waals surface area contributed by atoms with Gasteiger partial charge < -0.3 is 22.7 Å². The number of furan rings is 1. The summed E-state index contributed by atoms with van der Waals surface area (Å²) in [5.41, 5.74) is 15.7. The average molecular weight is 829 g/mol. The second-order valence-corrected chi connectivity index (χ2v) is 17.3. The van der Waals surface area contributed by atoms with E-state index in [2.05, 4.69) is 237 Å². The number of hydrogen-bond acceptors (Lipinski definition) is 1. The first kappa shape index (κ1) is 34.7. The van der Waals surface area contributed by atoms with E-state index < -0.39 is 0 Å². The summed E-state index contributed by atoms with van der Waals surface area (Å²) in [7, 11) is 0. The molecular formula is C60H36N4O. The third kappa shape index (κ3) is 4.65. The van der Waals surface area contributed by atoms with Crippen LogP contribution < -0.4 is 0 Å². The summed E-state index contributed by atoms with van der Waals surface area (Å²) >= 11 is 0. The van der Waals surface area contributed by atoms with E-state index in [9.17, 15) is 0 Å². The van der Waals surface area contributed by atoms with Crippen LogP contribution >= 0.6 is 0 Å². The fourth-order valence-electron chi connectivity index (χ4n) is 11.3. The first-order valence-corrected chi connectivity index (χ1v) is 22.3. The van der Waals surface area contributed by atoms with Crippen molar-refractivity contribution in [2.24, 2.45) is 0 Å². The zero-order valence-corrected chi connectivity index (χ0v) is 35.0. The normalized spacial score (nSPS) is 12.3. The van der Waals surface area contributed by atoms with Crippen LogP contribution in [0, 0.1) is 0 Å². The van der Waals surface area contributed by atoms with Crippen molar-refractivity contribution < 1.29 is 4.42 Å². The Balaban J connectivity index is 0.994. The standard InChI is InChI=1S/C60H36N4O/c1-3-15-37(16-4-1)61-51-25-13-9-21-45(51)57-53(61)31-29-44-42-20-8-12-24-50(42)64(60(44)57)40-28-34-56-48(36-40)47-35-39(27-33-55(47)65-56)62-52-26-14-10-22-46(52)58-54(62)32-30-43-41-19-7-11-23-49(41)63(59(43)58)38-17-5-2-6-18-38/h1-36H. The molecule has 0 spiro atoms. The van der Waals surface area contributed by atoms with Crippen LogP contribution in [0.15, 0.2) is 223 Å². The van der Waals surface area contributed by atoms with Gasteiger partial charge in [0.05, 0.1) is 44.1 Å². The molecule has 0 unspecified atom stereocenters. The first-order chi connectivity index (χ1) is 32.3. The summed E-state index contributed by atoms with van der Waals surface area (Å²) in [6.45, 7) is 0. The van der Waals surface area contributed by atoms with Gasteiger partial charge in [0.15, 0.2) is 0 Å². The van der Waals surface area contributed by atoms with Gasteiger partial charge in [-0.1, -0.05) is 121 Å². The SMILES string of the molecule is c1ccc(-n2c3ccccc3c3c2ccc2c4ccccc4n(-c4ccc5oc6ccc(-n7c8ccccc8c8c7ccc7c9ccccc9n(-c9ccccc9)c78)cc6c5c4)c23)cc1. The summed E-state index contributed by atoms with van der Waals surface area (Å²) in [5.74, 6) is 0. The Bertz CT molecular complexity index is 4460. The molecule has 5 nitrogen and oxygen atoms in total. The van der Waals surface area contributed by atoms with E-state index >= 15 is 0 Å². The van der Waals surface area contributed by atoms with E-state index in [1.54, 1.807) is 0 Å². The van der Waals surface area contributed by atoms with E-state index in [1.165, 1.54) is 76.2 Å². The topological polar surface area (TPSA) is 32.9 Å². The van der Waals surface area contributed by atoms with Gasteiger partial charge in [0, 0.05) is 76.6 Å². The molecule has 0 aliphatic rings. The number of benzene rings is 10. The van der Waals surface area contributed by atoms with Gasteiger partial charge in [-0.05, 0) is 97.1 Å². The molecule has 0 fully saturated rings. The summed E-state index contributed by atoms with van der Waals surface area (Å²) in [5, 5.41) is 12.0. The van der Waals surface area contributed by atoms with Crippen LogP contribution in [0.3, 0.4) is 0 Å². The maximum absolute atomic E-state index is 6.66. The van der Waals surface area contributed by atoms with E-state index in [-0.39, 0.29) is 0 Å². The molecule has 5 aromatic heterocycles. The summed E-state index contributed by atoms with van der Waals surface area (Å²) in [6, 6.07) is 79.3. The van der Waals surface area contributed by atoms with E-state index in [1.807, 2.05) is 0 Å². The van der Waals surface area contributed by atoms with Crippen molar-refractivity contribution >= 4 is 109 Å². The lowest BCUT2D eigenvalue weighted by atomic mass is 10.1. The van der Waals surface area contributed by atoms with E-state index in [0.29, 0.717) is 0 Å². The summed E-state index contributed by atoms with van der Waals surface area (Å²) in [4.78, 5) is 0. The van der Waals surface area contributed by atoms with Crippen molar-refractivity contribution in [1.82, 2.24) is 18.3 Å². The molecule has 0 aliphatic carbocycles. The molecule has 5 heterocycles. The minimum absolute atomic E-state index is 0.865. The molecule has 15 rings (SSSR count). The van der Waals surface area contributed by atoms with Crippen LogP contribution in [0.4, 0.5) is 0 Å². The summed E-state index contributed by atoms with van der Waals surface area (Å²) in [6.07, 6.45) is 0. The summed E-state index contributed by atoms with van der Waals surface area (Å²) < 4.78 is 16.4. The maximum Gasteiger partial charge on any atom is 0.135 e. The number of hydrogen-bond donors (Lipinski definition) is 0. The largest absolute Gasteiger partial charge is 0.456 e. The van der Waals surface area contributed by atoms with E-state index in [0.717, 1.165) is 55.7 Å². The average Bonchev–Trinajstić information content (AvgIpc) is 4.16.